The molecule has 0 spiro atoms. The molecule has 0 atom stereocenters. The smallest absolute Gasteiger partial charge is 0.0412 e. The average Bonchev–Trinajstić information content (AvgIpc) is 2.38. The van der Waals surface area contributed by atoms with Crippen LogP contribution in [0.1, 0.15) is 11.1 Å². The second kappa shape index (κ2) is 6.11. The number of rotatable bonds is 4. The number of halogens is 1. The fourth-order valence-electron chi connectivity index (χ4n) is 1.89. The van der Waals surface area contributed by atoms with Gasteiger partial charge in [0.25, 0.3) is 0 Å². The highest BCUT2D eigenvalue weighted by molar-refractivity contribution is 9.10. The van der Waals surface area contributed by atoms with Crippen LogP contribution in [-0.4, -0.2) is 14.1 Å². The van der Waals surface area contributed by atoms with Crippen LogP contribution in [0, 0.1) is 6.92 Å². The Balaban J connectivity index is 2.08. The van der Waals surface area contributed by atoms with Gasteiger partial charge < -0.3 is 10.2 Å². The molecule has 2 aromatic rings. The summed E-state index contributed by atoms with van der Waals surface area (Å²) in [5.41, 5.74) is 4.87. The Morgan fingerprint density at radius 2 is 1.89 bits per heavy atom. The van der Waals surface area contributed by atoms with Gasteiger partial charge in [0.1, 0.15) is 0 Å². The van der Waals surface area contributed by atoms with Crippen molar-refractivity contribution in [3.05, 3.63) is 58.1 Å². The monoisotopic (exact) mass is 318 g/mol. The first kappa shape index (κ1) is 13.9. The zero-order chi connectivity index (χ0) is 13.8. The lowest BCUT2D eigenvalue weighted by Gasteiger charge is -2.15. The van der Waals surface area contributed by atoms with E-state index in [0.29, 0.717) is 0 Å². The number of hydrogen-bond donors (Lipinski definition) is 1. The zero-order valence-corrected chi connectivity index (χ0v) is 13.2. The molecule has 0 aliphatic carbocycles. The van der Waals surface area contributed by atoms with Crippen molar-refractivity contribution in [1.29, 1.82) is 0 Å². The van der Waals surface area contributed by atoms with Gasteiger partial charge in [0.15, 0.2) is 0 Å². The van der Waals surface area contributed by atoms with Crippen molar-refractivity contribution in [3.8, 4) is 0 Å². The van der Waals surface area contributed by atoms with E-state index in [4.69, 9.17) is 0 Å². The average molecular weight is 319 g/mol. The van der Waals surface area contributed by atoms with E-state index >= 15 is 0 Å². The van der Waals surface area contributed by atoms with Crippen LogP contribution in [-0.2, 0) is 6.54 Å². The molecular formula is C16H19BrN2. The molecule has 0 unspecified atom stereocenters. The van der Waals surface area contributed by atoms with Crippen LogP contribution in [0.2, 0.25) is 0 Å². The van der Waals surface area contributed by atoms with Gasteiger partial charge in [0.05, 0.1) is 0 Å². The molecule has 19 heavy (non-hydrogen) atoms. The molecule has 0 aromatic heterocycles. The van der Waals surface area contributed by atoms with E-state index in [1.165, 1.54) is 16.8 Å². The van der Waals surface area contributed by atoms with Crippen LogP contribution in [0.3, 0.4) is 0 Å². The summed E-state index contributed by atoms with van der Waals surface area (Å²) in [4.78, 5) is 2.10. The van der Waals surface area contributed by atoms with Crippen molar-refractivity contribution in [2.45, 2.75) is 13.5 Å². The fourth-order valence-corrected chi connectivity index (χ4v) is 2.52. The third-order valence-corrected chi connectivity index (χ3v) is 3.79. The Labute approximate surface area is 123 Å². The maximum Gasteiger partial charge on any atom is 0.0412 e. The maximum atomic E-state index is 3.61. The molecule has 0 saturated heterocycles. The van der Waals surface area contributed by atoms with Crippen LogP contribution in [0.5, 0.6) is 0 Å². The Morgan fingerprint density at radius 3 is 2.58 bits per heavy atom. The Kier molecular flexibility index (Phi) is 4.48. The molecule has 100 valence electrons. The Hall–Kier alpha value is -1.48. The number of anilines is 2. The summed E-state index contributed by atoms with van der Waals surface area (Å²) in [5, 5.41) is 3.46. The van der Waals surface area contributed by atoms with Crippen molar-refractivity contribution in [3.63, 3.8) is 0 Å². The topological polar surface area (TPSA) is 15.3 Å². The molecule has 2 nitrogen and oxygen atoms in total. The third-order valence-electron chi connectivity index (χ3n) is 3.05. The first-order valence-electron chi connectivity index (χ1n) is 6.32. The van der Waals surface area contributed by atoms with E-state index in [1.54, 1.807) is 0 Å². The second-order valence-electron chi connectivity index (χ2n) is 4.89. The van der Waals surface area contributed by atoms with Crippen LogP contribution in [0.15, 0.2) is 46.9 Å². The van der Waals surface area contributed by atoms with Gasteiger partial charge in [-0.15, -0.1) is 0 Å². The summed E-state index contributed by atoms with van der Waals surface area (Å²) in [6.45, 7) is 2.92. The Bertz CT molecular complexity index is 564. The summed E-state index contributed by atoms with van der Waals surface area (Å²) in [5.74, 6) is 0. The number of benzene rings is 2. The molecule has 0 aliphatic rings. The van der Waals surface area contributed by atoms with Crippen LogP contribution in [0.4, 0.5) is 11.4 Å². The van der Waals surface area contributed by atoms with Gasteiger partial charge in [0, 0.05) is 36.5 Å². The minimum atomic E-state index is 0.817. The van der Waals surface area contributed by atoms with Gasteiger partial charge in [-0.2, -0.15) is 0 Å². The second-order valence-corrected chi connectivity index (χ2v) is 5.75. The number of nitrogens with one attached hydrogen (secondary N) is 1. The normalized spacial score (nSPS) is 10.3. The standard InChI is InChI=1S/C16H19BrN2/c1-12-7-8-13(16(17)9-12)11-18-14-5-4-6-15(10-14)19(2)3/h4-10,18H,11H2,1-3H3. The van der Waals surface area contributed by atoms with Gasteiger partial charge in [-0.1, -0.05) is 34.1 Å². The molecule has 0 saturated carbocycles. The van der Waals surface area contributed by atoms with Gasteiger partial charge >= 0.3 is 0 Å². The number of aryl methyl sites for hydroxylation is 1. The summed E-state index contributed by atoms with van der Waals surface area (Å²) >= 11 is 3.61. The fraction of sp³-hybridized carbons (Fsp3) is 0.250. The predicted octanol–water partition coefficient (Wildman–Crippen LogP) is 4.44. The van der Waals surface area contributed by atoms with E-state index in [0.717, 1.165) is 16.7 Å². The van der Waals surface area contributed by atoms with Crippen molar-refractivity contribution in [2.24, 2.45) is 0 Å². The van der Waals surface area contributed by atoms with Gasteiger partial charge in [0.2, 0.25) is 0 Å². The summed E-state index contributed by atoms with van der Waals surface area (Å²) in [6.07, 6.45) is 0. The van der Waals surface area contributed by atoms with Crippen LogP contribution in [0.25, 0.3) is 0 Å². The van der Waals surface area contributed by atoms with Gasteiger partial charge in [-0.3, -0.25) is 0 Å². The summed E-state index contributed by atoms with van der Waals surface area (Å²) in [7, 11) is 4.10. The largest absolute Gasteiger partial charge is 0.381 e. The molecule has 0 bridgehead atoms. The molecule has 0 fully saturated rings. The first-order valence-corrected chi connectivity index (χ1v) is 7.12. The Morgan fingerprint density at radius 1 is 1.11 bits per heavy atom. The minimum Gasteiger partial charge on any atom is -0.381 e. The summed E-state index contributed by atoms with van der Waals surface area (Å²) in [6, 6.07) is 14.9. The highest BCUT2D eigenvalue weighted by Gasteiger charge is 2.01. The van der Waals surface area contributed by atoms with E-state index in [-0.39, 0.29) is 0 Å². The molecular weight excluding hydrogens is 300 g/mol. The molecule has 2 aromatic carbocycles. The molecule has 0 heterocycles. The predicted molar refractivity (Wildman–Crippen MR) is 87.0 cm³/mol. The van der Waals surface area contributed by atoms with Crippen LogP contribution >= 0.6 is 15.9 Å². The molecule has 3 heteroatoms. The number of nitrogens with zero attached hydrogens (tertiary/aromatic N) is 1. The van der Waals surface area contributed by atoms with Gasteiger partial charge in [-0.25, -0.2) is 0 Å². The lowest BCUT2D eigenvalue weighted by molar-refractivity contribution is 1.11. The van der Waals surface area contributed by atoms with Crippen molar-refractivity contribution >= 4 is 27.3 Å². The van der Waals surface area contributed by atoms with Crippen molar-refractivity contribution < 1.29 is 0 Å². The lowest BCUT2D eigenvalue weighted by Crippen LogP contribution is -2.09. The quantitative estimate of drug-likeness (QED) is 0.896. The maximum absolute atomic E-state index is 3.61. The van der Waals surface area contributed by atoms with Gasteiger partial charge in [-0.05, 0) is 42.3 Å². The minimum absolute atomic E-state index is 0.817. The van der Waals surface area contributed by atoms with Crippen molar-refractivity contribution in [2.75, 3.05) is 24.3 Å². The third kappa shape index (κ3) is 3.74. The van der Waals surface area contributed by atoms with Crippen molar-refractivity contribution in [1.82, 2.24) is 0 Å². The van der Waals surface area contributed by atoms with E-state index in [9.17, 15) is 0 Å². The molecule has 0 radical (unpaired) electrons. The molecule has 1 N–H and O–H groups in total. The highest BCUT2D eigenvalue weighted by atomic mass is 79.9. The zero-order valence-electron chi connectivity index (χ0n) is 11.6. The van der Waals surface area contributed by atoms with E-state index < -0.39 is 0 Å². The van der Waals surface area contributed by atoms with E-state index in [1.807, 2.05) is 0 Å². The molecule has 2 rings (SSSR count). The summed E-state index contributed by atoms with van der Waals surface area (Å²) < 4.78 is 1.16. The van der Waals surface area contributed by atoms with Crippen LogP contribution < -0.4 is 10.2 Å². The SMILES string of the molecule is Cc1ccc(CNc2cccc(N(C)C)c2)c(Br)c1. The van der Waals surface area contributed by atoms with E-state index in [2.05, 4.69) is 89.6 Å². The lowest BCUT2D eigenvalue weighted by atomic mass is 10.1. The number of hydrogen-bond acceptors (Lipinski definition) is 2. The highest BCUT2D eigenvalue weighted by Crippen LogP contribution is 2.21. The molecule has 0 amide bonds. The first-order chi connectivity index (χ1) is 9.06. The molecule has 0 aliphatic heterocycles.